The molecule has 0 bridgehead atoms. The van der Waals surface area contributed by atoms with Crippen molar-refractivity contribution in [1.82, 2.24) is 16.0 Å². The Morgan fingerprint density at radius 1 is 0.789 bits per heavy atom. The van der Waals surface area contributed by atoms with Crippen LogP contribution < -0.4 is 33.2 Å². The van der Waals surface area contributed by atoms with Crippen molar-refractivity contribution >= 4 is 23.7 Å². The normalized spacial score (nSPS) is 14.3. The lowest BCUT2D eigenvalue weighted by atomic mass is 10.00. The molecule has 0 aromatic heterocycles. The summed E-state index contributed by atoms with van der Waals surface area (Å²) in [6.07, 6.45) is 3.34. The molecule has 12 nitrogen and oxygen atoms in total. The van der Waals surface area contributed by atoms with Crippen molar-refractivity contribution in [2.24, 2.45) is 23.1 Å². The Morgan fingerprint density at radius 2 is 1.34 bits per heavy atom. The van der Waals surface area contributed by atoms with Crippen LogP contribution in [0.4, 0.5) is 0 Å². The van der Waals surface area contributed by atoms with Gasteiger partial charge in [0, 0.05) is 6.42 Å². The Labute approximate surface area is 224 Å². The maximum atomic E-state index is 13.2. The first kappa shape index (κ1) is 32.8. The summed E-state index contributed by atoms with van der Waals surface area (Å²) in [5.41, 5.74) is 17.6. The fourth-order valence-corrected chi connectivity index (χ4v) is 3.80. The molecule has 0 aliphatic rings. The number of benzene rings is 1. The Hall–Kier alpha value is -3.22. The monoisotopic (exact) mass is 536 g/mol. The first-order valence-electron chi connectivity index (χ1n) is 13.1. The van der Waals surface area contributed by atoms with Crippen LogP contribution in [0, 0.1) is 5.92 Å². The number of nitrogens with one attached hydrogen (secondary N) is 3. The summed E-state index contributed by atoms with van der Waals surface area (Å²) in [6.45, 7) is 4.36. The van der Waals surface area contributed by atoms with Gasteiger partial charge in [-0.2, -0.15) is 0 Å². The van der Waals surface area contributed by atoms with Crippen molar-refractivity contribution in [1.29, 1.82) is 0 Å². The molecule has 11 N–H and O–H groups in total. The molecule has 4 atom stereocenters. The van der Waals surface area contributed by atoms with Gasteiger partial charge in [-0.15, -0.1) is 0 Å². The van der Waals surface area contributed by atoms with Gasteiger partial charge in [0.15, 0.2) is 0 Å². The number of phenolic OH excluding ortho intramolecular Hbond substituents is 1. The zero-order valence-electron chi connectivity index (χ0n) is 22.3. The third kappa shape index (κ3) is 11.9. The Morgan fingerprint density at radius 3 is 1.87 bits per heavy atom. The van der Waals surface area contributed by atoms with E-state index < -0.39 is 47.9 Å². The maximum absolute atomic E-state index is 13.2. The number of aliphatic carboxylic acids is 1. The summed E-state index contributed by atoms with van der Waals surface area (Å²) < 4.78 is 0. The van der Waals surface area contributed by atoms with Crippen LogP contribution in [-0.4, -0.2) is 71.2 Å². The highest BCUT2D eigenvalue weighted by Crippen LogP contribution is 2.12. The fourth-order valence-electron chi connectivity index (χ4n) is 3.80. The van der Waals surface area contributed by atoms with Gasteiger partial charge in [-0.1, -0.05) is 32.4 Å². The highest BCUT2D eigenvalue weighted by atomic mass is 16.4. The molecule has 0 fully saturated rings. The summed E-state index contributed by atoms with van der Waals surface area (Å²) in [7, 11) is 0. The van der Waals surface area contributed by atoms with E-state index in [0.717, 1.165) is 6.42 Å². The molecule has 0 aliphatic carbocycles. The third-order valence-electron chi connectivity index (χ3n) is 6.12. The van der Waals surface area contributed by atoms with Gasteiger partial charge in [0.2, 0.25) is 17.7 Å². The third-order valence-corrected chi connectivity index (χ3v) is 6.12. The Balaban J connectivity index is 2.93. The lowest BCUT2D eigenvalue weighted by Crippen LogP contribution is -2.58. The Kier molecular flexibility index (Phi) is 15.0. The van der Waals surface area contributed by atoms with E-state index in [9.17, 15) is 29.4 Å². The zero-order valence-corrected chi connectivity index (χ0v) is 22.3. The molecule has 12 heteroatoms. The topological polar surface area (TPSA) is 223 Å². The number of carbonyl (C=O) groups is 4. The number of hydrogen-bond donors (Lipinski definition) is 8. The van der Waals surface area contributed by atoms with Gasteiger partial charge in [0.05, 0.1) is 6.04 Å². The second-order valence-electron chi connectivity index (χ2n) is 9.74. The number of amides is 3. The standard InChI is InChI=1S/C26H44N6O6/c1-16(2)22(25(36)31-21(26(37)38)15-17-9-11-18(33)12-10-17)32-24(35)20(8-4-6-14-28)30-23(34)19(29)7-3-5-13-27/h9-12,16,19-22,33H,3-8,13-15,27-29H2,1-2H3,(H,30,34)(H,31,36)(H,32,35)(H,37,38). The number of rotatable bonds is 18. The van der Waals surface area contributed by atoms with E-state index >= 15 is 0 Å². The SMILES string of the molecule is CC(C)C(NC(=O)C(CCCCN)NC(=O)C(N)CCCCN)C(=O)NC(Cc1ccc(O)cc1)C(=O)O. The predicted octanol–water partition coefficient (Wildman–Crippen LogP) is -0.285. The van der Waals surface area contributed by atoms with Crippen LogP contribution in [0.5, 0.6) is 5.75 Å². The van der Waals surface area contributed by atoms with Crippen LogP contribution >= 0.6 is 0 Å². The molecule has 0 saturated carbocycles. The predicted molar refractivity (Wildman–Crippen MR) is 144 cm³/mol. The molecular formula is C26H44N6O6. The molecule has 1 aromatic rings. The second kappa shape index (κ2) is 17.3. The van der Waals surface area contributed by atoms with Crippen LogP contribution in [0.3, 0.4) is 0 Å². The minimum atomic E-state index is -1.25. The number of unbranched alkanes of at least 4 members (excludes halogenated alkanes) is 2. The van der Waals surface area contributed by atoms with E-state index in [1.807, 2.05) is 0 Å². The smallest absolute Gasteiger partial charge is 0.326 e. The van der Waals surface area contributed by atoms with Gasteiger partial charge in [0.25, 0.3) is 0 Å². The van der Waals surface area contributed by atoms with Gasteiger partial charge in [-0.05, 0) is 68.8 Å². The summed E-state index contributed by atoms with van der Waals surface area (Å²) >= 11 is 0. The number of nitrogens with two attached hydrogens (primary N) is 3. The van der Waals surface area contributed by atoms with Crippen molar-refractivity contribution in [3.05, 3.63) is 29.8 Å². The second-order valence-corrected chi connectivity index (χ2v) is 9.74. The van der Waals surface area contributed by atoms with Gasteiger partial charge in [0.1, 0.15) is 23.9 Å². The van der Waals surface area contributed by atoms with Crippen LogP contribution in [0.2, 0.25) is 0 Å². The number of carboxylic acid groups (broad SMARTS) is 1. The molecular weight excluding hydrogens is 492 g/mol. The summed E-state index contributed by atoms with van der Waals surface area (Å²) in [5.74, 6) is -3.28. The molecule has 1 aromatic carbocycles. The molecule has 0 heterocycles. The molecule has 0 aliphatic heterocycles. The molecule has 1 rings (SSSR count). The molecule has 0 radical (unpaired) electrons. The van der Waals surface area contributed by atoms with E-state index in [4.69, 9.17) is 17.2 Å². The minimum absolute atomic E-state index is 0.0140. The average Bonchev–Trinajstić information content (AvgIpc) is 2.87. The number of carbonyl (C=O) groups excluding carboxylic acids is 3. The summed E-state index contributed by atoms with van der Waals surface area (Å²) in [5, 5.41) is 26.9. The van der Waals surface area contributed by atoms with E-state index in [-0.39, 0.29) is 18.1 Å². The molecule has 214 valence electrons. The largest absolute Gasteiger partial charge is 0.508 e. The number of hydrogen-bond acceptors (Lipinski definition) is 8. The summed E-state index contributed by atoms with van der Waals surface area (Å²) in [4.78, 5) is 50.7. The van der Waals surface area contributed by atoms with Crippen molar-refractivity contribution in [2.75, 3.05) is 13.1 Å². The lowest BCUT2D eigenvalue weighted by Gasteiger charge is -2.27. The van der Waals surface area contributed by atoms with Gasteiger partial charge in [-0.3, -0.25) is 14.4 Å². The highest BCUT2D eigenvalue weighted by molar-refractivity contribution is 5.94. The fraction of sp³-hybridized carbons (Fsp3) is 0.615. The molecule has 38 heavy (non-hydrogen) atoms. The van der Waals surface area contributed by atoms with Crippen LogP contribution in [0.25, 0.3) is 0 Å². The van der Waals surface area contributed by atoms with Crippen molar-refractivity contribution in [3.8, 4) is 5.75 Å². The number of phenols is 1. The Bertz CT molecular complexity index is 895. The van der Waals surface area contributed by atoms with Crippen molar-refractivity contribution in [2.45, 2.75) is 83.0 Å². The highest BCUT2D eigenvalue weighted by Gasteiger charge is 2.31. The first-order valence-corrected chi connectivity index (χ1v) is 13.1. The number of carboxylic acids is 1. The van der Waals surface area contributed by atoms with Crippen LogP contribution in [0.15, 0.2) is 24.3 Å². The van der Waals surface area contributed by atoms with E-state index in [0.29, 0.717) is 50.8 Å². The number of aromatic hydroxyl groups is 1. The van der Waals surface area contributed by atoms with Gasteiger partial charge in [-0.25, -0.2) is 4.79 Å². The molecule has 0 saturated heterocycles. The van der Waals surface area contributed by atoms with Crippen molar-refractivity contribution in [3.63, 3.8) is 0 Å². The van der Waals surface area contributed by atoms with E-state index in [2.05, 4.69) is 16.0 Å². The lowest BCUT2D eigenvalue weighted by molar-refractivity contribution is -0.142. The first-order chi connectivity index (χ1) is 18.0. The van der Waals surface area contributed by atoms with E-state index in [1.54, 1.807) is 26.0 Å². The van der Waals surface area contributed by atoms with Crippen molar-refractivity contribution < 1.29 is 29.4 Å². The quantitative estimate of drug-likeness (QED) is 0.115. The molecule has 0 spiro atoms. The average molecular weight is 537 g/mol. The summed E-state index contributed by atoms with van der Waals surface area (Å²) in [6, 6.07) is 1.95. The zero-order chi connectivity index (χ0) is 28.7. The van der Waals surface area contributed by atoms with Crippen LogP contribution in [0.1, 0.15) is 57.9 Å². The van der Waals surface area contributed by atoms with E-state index in [1.165, 1.54) is 12.1 Å². The minimum Gasteiger partial charge on any atom is -0.508 e. The molecule has 3 amide bonds. The maximum Gasteiger partial charge on any atom is 0.326 e. The molecule has 4 unspecified atom stereocenters. The van der Waals surface area contributed by atoms with Gasteiger partial charge >= 0.3 is 5.97 Å². The van der Waals surface area contributed by atoms with Crippen LogP contribution in [-0.2, 0) is 25.6 Å². The van der Waals surface area contributed by atoms with Gasteiger partial charge < -0.3 is 43.4 Å².